The van der Waals surface area contributed by atoms with E-state index in [2.05, 4.69) is 9.97 Å². The second-order valence-corrected chi connectivity index (χ2v) is 7.78. The molecule has 158 valence electrons. The zero-order chi connectivity index (χ0) is 21.3. The van der Waals surface area contributed by atoms with Crippen LogP contribution in [0.15, 0.2) is 29.4 Å². The molecule has 4 rings (SSSR count). The lowest BCUT2D eigenvalue weighted by Gasteiger charge is -2.27. The Morgan fingerprint density at radius 2 is 2.13 bits per heavy atom. The summed E-state index contributed by atoms with van der Waals surface area (Å²) in [6, 6.07) is 7.00. The molecule has 0 bridgehead atoms. The molecule has 0 fully saturated rings. The highest BCUT2D eigenvalue weighted by molar-refractivity contribution is 7.98. The highest BCUT2D eigenvalue weighted by Gasteiger charge is 2.28. The number of ether oxygens (including phenoxy) is 3. The van der Waals surface area contributed by atoms with Gasteiger partial charge in [-0.15, -0.1) is 0 Å². The number of halogens is 1. The second kappa shape index (κ2) is 8.75. The van der Waals surface area contributed by atoms with Crippen molar-refractivity contribution in [3.63, 3.8) is 0 Å². The van der Waals surface area contributed by atoms with Crippen molar-refractivity contribution in [3.8, 4) is 11.6 Å². The molecule has 1 aliphatic rings. The van der Waals surface area contributed by atoms with E-state index in [9.17, 15) is 9.50 Å². The van der Waals surface area contributed by atoms with Gasteiger partial charge < -0.3 is 19.3 Å². The van der Waals surface area contributed by atoms with Crippen LogP contribution in [0.2, 0.25) is 0 Å². The Hall–Kier alpha value is -2.42. The van der Waals surface area contributed by atoms with Gasteiger partial charge in [0.05, 0.1) is 24.0 Å². The third kappa shape index (κ3) is 3.82. The monoisotopic (exact) mass is 430 g/mol. The van der Waals surface area contributed by atoms with E-state index < -0.39 is 0 Å². The maximum Gasteiger partial charge on any atom is 0.220 e. The first-order valence-electron chi connectivity index (χ1n) is 9.66. The number of methoxy groups -OCH3 is 1. The van der Waals surface area contributed by atoms with Gasteiger partial charge in [-0.05, 0) is 52.8 Å². The molecule has 1 N–H and O–H groups in total. The summed E-state index contributed by atoms with van der Waals surface area (Å²) in [7, 11) is 1.56. The number of thioether (sulfide) groups is 1. The average molecular weight is 431 g/mol. The summed E-state index contributed by atoms with van der Waals surface area (Å²) in [5, 5.41) is 12.4. The Bertz CT molecular complexity index is 1090. The van der Waals surface area contributed by atoms with E-state index in [-0.39, 0.29) is 31.2 Å². The maximum atomic E-state index is 14.6. The highest BCUT2D eigenvalue weighted by Crippen LogP contribution is 2.40. The first kappa shape index (κ1) is 20.8. The number of rotatable bonds is 6. The van der Waals surface area contributed by atoms with Crippen LogP contribution in [0.4, 0.5) is 4.39 Å². The van der Waals surface area contributed by atoms with Crippen molar-refractivity contribution in [1.29, 1.82) is 0 Å². The standard InChI is InChI=1S/C22H23FN2O4S/c1-4-14-17(23)6-5-12-7-13(29-11-27-2)8-15(20(12)14)19-9-18-16(10-28-19)21(26)25-22(24-18)30-3/h5-8,19H,4,9-11H2,1-3H3,(H,24,25,26). The largest absolute Gasteiger partial charge is 0.493 e. The number of fused-ring (bicyclic) bond motifs is 2. The minimum Gasteiger partial charge on any atom is -0.493 e. The third-order valence-corrected chi connectivity index (χ3v) is 5.80. The minimum absolute atomic E-state index is 0.0508. The zero-order valence-corrected chi connectivity index (χ0v) is 17.9. The normalized spacial score (nSPS) is 15.9. The quantitative estimate of drug-likeness (QED) is 0.349. The number of aromatic nitrogens is 2. The molecule has 30 heavy (non-hydrogen) atoms. The molecule has 0 saturated heterocycles. The minimum atomic E-state index is -0.359. The summed E-state index contributed by atoms with van der Waals surface area (Å²) in [4.78, 5) is 8.65. The van der Waals surface area contributed by atoms with Crippen LogP contribution in [-0.4, -0.2) is 35.2 Å². The number of hydrogen-bond donors (Lipinski definition) is 1. The molecule has 0 amide bonds. The number of hydrogen-bond acceptors (Lipinski definition) is 7. The maximum absolute atomic E-state index is 14.6. The van der Waals surface area contributed by atoms with Crippen LogP contribution in [-0.2, 0) is 28.9 Å². The van der Waals surface area contributed by atoms with Crippen molar-refractivity contribution in [2.75, 3.05) is 20.2 Å². The molecule has 3 aromatic rings. The van der Waals surface area contributed by atoms with Crippen molar-refractivity contribution < 1.29 is 23.7 Å². The van der Waals surface area contributed by atoms with Crippen molar-refractivity contribution in [2.24, 2.45) is 0 Å². The van der Waals surface area contributed by atoms with Crippen LogP contribution in [0.25, 0.3) is 10.8 Å². The molecule has 0 saturated carbocycles. The van der Waals surface area contributed by atoms with Gasteiger partial charge in [-0.2, -0.15) is 4.98 Å². The molecule has 0 radical (unpaired) electrons. The predicted molar refractivity (Wildman–Crippen MR) is 112 cm³/mol. The van der Waals surface area contributed by atoms with Crippen molar-refractivity contribution in [2.45, 2.75) is 37.6 Å². The van der Waals surface area contributed by atoms with Crippen molar-refractivity contribution in [3.05, 3.63) is 52.5 Å². The molecule has 1 unspecified atom stereocenters. The fourth-order valence-electron chi connectivity index (χ4n) is 3.85. The van der Waals surface area contributed by atoms with Gasteiger partial charge >= 0.3 is 0 Å². The van der Waals surface area contributed by atoms with Gasteiger partial charge in [0.15, 0.2) is 11.9 Å². The lowest BCUT2D eigenvalue weighted by Crippen LogP contribution is -2.19. The summed E-state index contributed by atoms with van der Waals surface area (Å²) in [5.41, 5.74) is 2.82. The summed E-state index contributed by atoms with van der Waals surface area (Å²) >= 11 is 1.37. The number of benzene rings is 2. The Balaban J connectivity index is 1.84. The van der Waals surface area contributed by atoms with Gasteiger partial charge in [0.2, 0.25) is 5.88 Å². The Labute approximate surface area is 178 Å². The van der Waals surface area contributed by atoms with Crippen LogP contribution in [0.3, 0.4) is 0 Å². The number of aryl methyl sites for hydroxylation is 1. The van der Waals surface area contributed by atoms with Crippen LogP contribution >= 0.6 is 11.8 Å². The topological polar surface area (TPSA) is 73.7 Å². The summed E-state index contributed by atoms with van der Waals surface area (Å²) in [6.07, 6.45) is 2.50. The summed E-state index contributed by atoms with van der Waals surface area (Å²) in [5.74, 6) is 0.334. The first-order valence-corrected chi connectivity index (χ1v) is 10.9. The molecule has 1 aliphatic heterocycles. The third-order valence-electron chi connectivity index (χ3n) is 5.26. The molecule has 6 nitrogen and oxygen atoms in total. The molecular formula is C22H23FN2O4S. The van der Waals surface area contributed by atoms with Crippen molar-refractivity contribution in [1.82, 2.24) is 9.97 Å². The Morgan fingerprint density at radius 3 is 2.87 bits per heavy atom. The van der Waals surface area contributed by atoms with E-state index in [4.69, 9.17) is 14.2 Å². The summed E-state index contributed by atoms with van der Waals surface area (Å²) < 4.78 is 31.4. The van der Waals surface area contributed by atoms with E-state index in [0.717, 1.165) is 22.0 Å². The van der Waals surface area contributed by atoms with Gasteiger partial charge in [0.25, 0.3) is 0 Å². The molecule has 0 aliphatic carbocycles. The van der Waals surface area contributed by atoms with Crippen LogP contribution < -0.4 is 4.74 Å². The fourth-order valence-corrected chi connectivity index (χ4v) is 4.23. The van der Waals surface area contributed by atoms with E-state index in [1.807, 2.05) is 25.3 Å². The SMILES string of the molecule is CCc1c(F)ccc2cc(OCOC)cc(C3Cc4nc(SC)nc(O)c4CO3)c12. The number of nitrogens with zero attached hydrogens (tertiary/aromatic N) is 2. The number of aromatic hydroxyl groups is 1. The van der Waals surface area contributed by atoms with Gasteiger partial charge in [-0.25, -0.2) is 9.37 Å². The van der Waals surface area contributed by atoms with Crippen LogP contribution in [0.5, 0.6) is 11.6 Å². The lowest BCUT2D eigenvalue weighted by atomic mass is 9.91. The van der Waals surface area contributed by atoms with Gasteiger partial charge in [0, 0.05) is 13.5 Å². The van der Waals surface area contributed by atoms with Gasteiger partial charge in [-0.1, -0.05) is 24.8 Å². The van der Waals surface area contributed by atoms with Crippen LogP contribution in [0.1, 0.15) is 35.4 Å². The van der Waals surface area contributed by atoms with E-state index in [1.54, 1.807) is 13.2 Å². The predicted octanol–water partition coefficient (Wildman–Crippen LogP) is 4.56. The van der Waals surface area contributed by atoms with E-state index in [1.165, 1.54) is 17.8 Å². The van der Waals surface area contributed by atoms with Crippen molar-refractivity contribution >= 4 is 22.5 Å². The molecular weight excluding hydrogens is 407 g/mol. The molecule has 8 heteroatoms. The first-order chi connectivity index (χ1) is 14.5. The zero-order valence-electron chi connectivity index (χ0n) is 17.1. The van der Waals surface area contributed by atoms with E-state index >= 15 is 0 Å². The Morgan fingerprint density at radius 1 is 1.30 bits per heavy atom. The van der Waals surface area contributed by atoms with Gasteiger partial charge in [0.1, 0.15) is 11.6 Å². The second-order valence-electron chi connectivity index (χ2n) is 7.00. The molecule has 2 aromatic carbocycles. The molecule has 2 heterocycles. The lowest BCUT2D eigenvalue weighted by molar-refractivity contribution is 0.0239. The van der Waals surface area contributed by atoms with Gasteiger partial charge in [-0.3, -0.25) is 0 Å². The molecule has 0 spiro atoms. The average Bonchev–Trinajstić information content (AvgIpc) is 2.76. The molecule has 1 atom stereocenters. The van der Waals surface area contributed by atoms with E-state index in [0.29, 0.717) is 34.9 Å². The molecule has 1 aromatic heterocycles. The van der Waals surface area contributed by atoms with Crippen LogP contribution in [0, 0.1) is 5.82 Å². The fraction of sp³-hybridized carbons (Fsp3) is 0.364. The smallest absolute Gasteiger partial charge is 0.220 e. The highest BCUT2D eigenvalue weighted by atomic mass is 32.2. The summed E-state index contributed by atoms with van der Waals surface area (Å²) in [6.45, 7) is 2.23. The Kier molecular flexibility index (Phi) is 6.08.